The molecule has 2 aromatic rings. The second-order valence-corrected chi connectivity index (χ2v) is 8.35. The van der Waals surface area contributed by atoms with Crippen LogP contribution >= 0.6 is 11.6 Å². The summed E-state index contributed by atoms with van der Waals surface area (Å²) >= 11 is 6.41. The predicted octanol–water partition coefficient (Wildman–Crippen LogP) is 3.59. The highest BCUT2D eigenvalue weighted by atomic mass is 35.5. The molecule has 8 heteroatoms. The van der Waals surface area contributed by atoms with E-state index in [4.69, 9.17) is 21.1 Å². The fourth-order valence-corrected chi connectivity index (χ4v) is 4.50. The summed E-state index contributed by atoms with van der Waals surface area (Å²) in [4.78, 5) is 15.2. The van der Waals surface area contributed by atoms with E-state index in [1.165, 1.54) is 0 Å². The van der Waals surface area contributed by atoms with E-state index in [2.05, 4.69) is 21.4 Å². The number of hydrogen-bond donors (Lipinski definition) is 1. The summed E-state index contributed by atoms with van der Waals surface area (Å²) in [7, 11) is 1.69. The third-order valence-electron chi connectivity index (χ3n) is 6.02. The molecule has 0 radical (unpaired) electrons. The highest BCUT2D eigenvalue weighted by Gasteiger charge is 2.25. The van der Waals surface area contributed by atoms with Crippen molar-refractivity contribution in [3.05, 3.63) is 45.8 Å². The molecule has 2 fully saturated rings. The fraction of sp³-hybridized carbons (Fsp3) is 0.545. The van der Waals surface area contributed by atoms with Crippen LogP contribution < -0.4 is 20.5 Å². The molecule has 30 heavy (non-hydrogen) atoms. The van der Waals surface area contributed by atoms with Crippen LogP contribution in [-0.4, -0.2) is 49.7 Å². The summed E-state index contributed by atoms with van der Waals surface area (Å²) in [6, 6.07) is 8.07. The Morgan fingerprint density at radius 1 is 1.27 bits per heavy atom. The van der Waals surface area contributed by atoms with Crippen molar-refractivity contribution >= 4 is 23.0 Å². The predicted molar refractivity (Wildman–Crippen MR) is 119 cm³/mol. The first-order chi connectivity index (χ1) is 14.7. The molecule has 1 atom stereocenters. The number of para-hydroxylation sites is 2. The molecule has 0 spiro atoms. The minimum Gasteiger partial charge on any atom is -0.495 e. The van der Waals surface area contributed by atoms with Crippen LogP contribution in [0.2, 0.25) is 5.02 Å². The Bertz CT molecular complexity index is 905. The second kappa shape index (κ2) is 9.71. The third kappa shape index (κ3) is 4.57. The molecule has 0 amide bonds. The van der Waals surface area contributed by atoms with Gasteiger partial charge in [0.25, 0.3) is 5.56 Å². The van der Waals surface area contributed by atoms with Crippen LogP contribution in [0, 0.1) is 5.92 Å². The van der Waals surface area contributed by atoms with E-state index >= 15 is 0 Å². The minimum atomic E-state index is -0.225. The van der Waals surface area contributed by atoms with Gasteiger partial charge in [-0.25, -0.2) is 4.68 Å². The van der Waals surface area contributed by atoms with E-state index < -0.39 is 0 Å². The average molecular weight is 433 g/mol. The van der Waals surface area contributed by atoms with Crippen LogP contribution in [0.5, 0.6) is 5.75 Å². The largest absolute Gasteiger partial charge is 0.495 e. The van der Waals surface area contributed by atoms with Crippen molar-refractivity contribution in [3.8, 4) is 5.75 Å². The van der Waals surface area contributed by atoms with Crippen molar-refractivity contribution in [3.63, 3.8) is 0 Å². The number of anilines is 2. The monoisotopic (exact) mass is 432 g/mol. The van der Waals surface area contributed by atoms with Gasteiger partial charge < -0.3 is 19.7 Å². The first-order valence-corrected chi connectivity index (χ1v) is 11.0. The van der Waals surface area contributed by atoms with Crippen molar-refractivity contribution in [2.45, 2.75) is 31.7 Å². The van der Waals surface area contributed by atoms with Gasteiger partial charge in [-0.3, -0.25) is 4.79 Å². The SMILES string of the molecule is COc1ccccc1N1CCC(n2ncc(NCC3CCCOC3)c(Cl)c2=O)CC1. The zero-order chi connectivity index (χ0) is 20.9. The van der Waals surface area contributed by atoms with Gasteiger partial charge in [-0.05, 0) is 43.7 Å². The van der Waals surface area contributed by atoms with Gasteiger partial charge in [0.1, 0.15) is 10.8 Å². The van der Waals surface area contributed by atoms with E-state index in [1.807, 2.05) is 18.2 Å². The zero-order valence-electron chi connectivity index (χ0n) is 17.3. The first kappa shape index (κ1) is 21.0. The molecule has 1 N–H and O–H groups in total. The summed E-state index contributed by atoms with van der Waals surface area (Å²) in [6.45, 7) is 3.99. The summed E-state index contributed by atoms with van der Waals surface area (Å²) in [5.74, 6) is 1.31. The third-order valence-corrected chi connectivity index (χ3v) is 6.38. The molecule has 0 saturated carbocycles. The van der Waals surface area contributed by atoms with E-state index in [-0.39, 0.29) is 16.6 Å². The molecule has 7 nitrogen and oxygen atoms in total. The number of nitrogens with zero attached hydrogens (tertiary/aromatic N) is 3. The normalized spacial score (nSPS) is 20.2. The molecule has 1 aromatic carbocycles. The van der Waals surface area contributed by atoms with Gasteiger partial charge in [-0.15, -0.1) is 0 Å². The molecule has 0 aliphatic carbocycles. The summed E-state index contributed by atoms with van der Waals surface area (Å²) in [5, 5.41) is 7.94. The van der Waals surface area contributed by atoms with Gasteiger partial charge in [0.05, 0.1) is 37.3 Å². The van der Waals surface area contributed by atoms with Gasteiger partial charge in [-0.2, -0.15) is 5.10 Å². The number of rotatable bonds is 6. The van der Waals surface area contributed by atoms with Gasteiger partial charge >= 0.3 is 0 Å². The number of hydrogen-bond acceptors (Lipinski definition) is 6. The van der Waals surface area contributed by atoms with Crippen LogP contribution in [0.15, 0.2) is 35.3 Å². The Morgan fingerprint density at radius 3 is 2.80 bits per heavy atom. The van der Waals surface area contributed by atoms with Crippen molar-refractivity contribution < 1.29 is 9.47 Å². The first-order valence-electron chi connectivity index (χ1n) is 10.6. The molecular weight excluding hydrogens is 404 g/mol. The minimum absolute atomic E-state index is 0.0433. The van der Waals surface area contributed by atoms with E-state index in [1.54, 1.807) is 18.0 Å². The van der Waals surface area contributed by atoms with Gasteiger partial charge in [-0.1, -0.05) is 23.7 Å². The summed E-state index contributed by atoms with van der Waals surface area (Å²) in [5.41, 5.74) is 1.47. The lowest BCUT2D eigenvalue weighted by Gasteiger charge is -2.34. The van der Waals surface area contributed by atoms with Crippen LogP contribution in [0.3, 0.4) is 0 Å². The maximum Gasteiger partial charge on any atom is 0.287 e. The standard InChI is InChI=1S/C22H29ClN4O3/c1-29-20-7-3-2-6-19(20)26-10-8-17(9-11-26)27-22(28)21(23)18(14-25-27)24-13-16-5-4-12-30-15-16/h2-3,6-7,14,16-17,24H,4-5,8-13,15H2,1H3. The Kier molecular flexibility index (Phi) is 6.79. The lowest BCUT2D eigenvalue weighted by atomic mass is 10.0. The Morgan fingerprint density at radius 2 is 2.07 bits per heavy atom. The number of halogens is 1. The number of ether oxygens (including phenoxy) is 2. The van der Waals surface area contributed by atoms with Gasteiger partial charge in [0.15, 0.2) is 0 Å². The van der Waals surface area contributed by atoms with Crippen LogP contribution in [-0.2, 0) is 4.74 Å². The molecule has 1 aromatic heterocycles. The highest BCUT2D eigenvalue weighted by molar-refractivity contribution is 6.32. The topological polar surface area (TPSA) is 68.6 Å². The zero-order valence-corrected chi connectivity index (χ0v) is 18.1. The van der Waals surface area contributed by atoms with Crippen LogP contribution in [0.25, 0.3) is 0 Å². The Balaban J connectivity index is 1.40. The van der Waals surface area contributed by atoms with Crippen LogP contribution in [0.1, 0.15) is 31.7 Å². The van der Waals surface area contributed by atoms with Crippen LogP contribution in [0.4, 0.5) is 11.4 Å². The summed E-state index contributed by atoms with van der Waals surface area (Å²) < 4.78 is 12.5. The molecule has 2 saturated heterocycles. The van der Waals surface area contributed by atoms with Crippen molar-refractivity contribution in [1.82, 2.24) is 9.78 Å². The Labute approximate surface area is 181 Å². The second-order valence-electron chi connectivity index (χ2n) is 7.98. The summed E-state index contributed by atoms with van der Waals surface area (Å²) in [6.07, 6.45) is 5.54. The molecule has 2 aliphatic heterocycles. The van der Waals surface area contributed by atoms with Gasteiger partial charge in [0, 0.05) is 26.2 Å². The number of methoxy groups -OCH3 is 1. The molecule has 1 unspecified atom stereocenters. The lowest BCUT2D eigenvalue weighted by Crippen LogP contribution is -2.39. The highest BCUT2D eigenvalue weighted by Crippen LogP contribution is 2.32. The molecular formula is C22H29ClN4O3. The van der Waals surface area contributed by atoms with Crippen molar-refractivity contribution in [2.75, 3.05) is 50.2 Å². The molecule has 4 rings (SSSR count). The molecule has 0 bridgehead atoms. The van der Waals surface area contributed by atoms with Gasteiger partial charge in [0.2, 0.25) is 0 Å². The lowest BCUT2D eigenvalue weighted by molar-refractivity contribution is 0.0595. The Hall–Kier alpha value is -2.25. The molecule has 3 heterocycles. The molecule has 2 aliphatic rings. The number of aromatic nitrogens is 2. The average Bonchev–Trinajstić information content (AvgIpc) is 2.81. The van der Waals surface area contributed by atoms with E-state index in [0.717, 1.165) is 70.0 Å². The van der Waals surface area contributed by atoms with E-state index in [9.17, 15) is 4.79 Å². The maximum atomic E-state index is 12.9. The molecule has 162 valence electrons. The maximum absolute atomic E-state index is 12.9. The number of piperidine rings is 1. The van der Waals surface area contributed by atoms with Crippen molar-refractivity contribution in [2.24, 2.45) is 5.92 Å². The number of benzene rings is 1. The van der Waals surface area contributed by atoms with E-state index in [0.29, 0.717) is 11.6 Å². The smallest absolute Gasteiger partial charge is 0.287 e. The number of nitrogens with one attached hydrogen (secondary N) is 1. The van der Waals surface area contributed by atoms with Crippen molar-refractivity contribution in [1.29, 1.82) is 0 Å². The quantitative estimate of drug-likeness (QED) is 0.752. The fourth-order valence-electron chi connectivity index (χ4n) is 4.29.